The van der Waals surface area contributed by atoms with Crippen LogP contribution in [-0.2, 0) is 6.42 Å². The summed E-state index contributed by atoms with van der Waals surface area (Å²) in [7, 11) is 0. The van der Waals surface area contributed by atoms with Crippen LogP contribution >= 0.6 is 15.9 Å². The van der Waals surface area contributed by atoms with Gasteiger partial charge in [-0.3, -0.25) is 0 Å². The lowest BCUT2D eigenvalue weighted by Crippen LogP contribution is -1.98. The van der Waals surface area contributed by atoms with Gasteiger partial charge in [0.2, 0.25) is 0 Å². The van der Waals surface area contributed by atoms with E-state index in [9.17, 15) is 0 Å². The summed E-state index contributed by atoms with van der Waals surface area (Å²) in [5.74, 6) is 1.69. The number of halogens is 1. The standard InChI is InChI=1S/C10H13BrN2/c1-2-3-8-6-9(11)13-10(12-8)7-4-5-7/h6-7H,2-5H2,1H3. The molecule has 1 fully saturated rings. The fourth-order valence-corrected chi connectivity index (χ4v) is 1.84. The molecule has 70 valence electrons. The van der Waals surface area contributed by atoms with Crippen molar-refractivity contribution in [3.8, 4) is 0 Å². The Labute approximate surface area is 86.9 Å². The van der Waals surface area contributed by atoms with E-state index in [0.29, 0.717) is 5.92 Å². The maximum atomic E-state index is 4.54. The molecule has 1 heterocycles. The van der Waals surface area contributed by atoms with Crippen molar-refractivity contribution in [3.63, 3.8) is 0 Å². The minimum atomic E-state index is 0.646. The van der Waals surface area contributed by atoms with Gasteiger partial charge in [-0.15, -0.1) is 0 Å². The van der Waals surface area contributed by atoms with Gasteiger partial charge in [0.25, 0.3) is 0 Å². The van der Waals surface area contributed by atoms with Crippen LogP contribution in [0.5, 0.6) is 0 Å². The molecule has 2 rings (SSSR count). The number of hydrogen-bond donors (Lipinski definition) is 0. The molecule has 1 aromatic heterocycles. The second-order valence-electron chi connectivity index (χ2n) is 3.56. The Morgan fingerprint density at radius 1 is 1.46 bits per heavy atom. The van der Waals surface area contributed by atoms with Crippen molar-refractivity contribution in [1.29, 1.82) is 0 Å². The van der Waals surface area contributed by atoms with Gasteiger partial charge >= 0.3 is 0 Å². The van der Waals surface area contributed by atoms with Crippen molar-refractivity contribution in [2.75, 3.05) is 0 Å². The zero-order valence-corrected chi connectivity index (χ0v) is 9.34. The average molecular weight is 241 g/mol. The van der Waals surface area contributed by atoms with E-state index in [2.05, 4.69) is 32.8 Å². The van der Waals surface area contributed by atoms with Gasteiger partial charge in [-0.25, -0.2) is 9.97 Å². The van der Waals surface area contributed by atoms with E-state index in [4.69, 9.17) is 0 Å². The molecule has 0 saturated heterocycles. The lowest BCUT2D eigenvalue weighted by Gasteiger charge is -2.02. The van der Waals surface area contributed by atoms with Gasteiger partial charge < -0.3 is 0 Å². The van der Waals surface area contributed by atoms with Gasteiger partial charge in [-0.2, -0.15) is 0 Å². The van der Waals surface area contributed by atoms with Gasteiger partial charge in [0, 0.05) is 11.6 Å². The van der Waals surface area contributed by atoms with Crippen LogP contribution in [-0.4, -0.2) is 9.97 Å². The smallest absolute Gasteiger partial charge is 0.132 e. The van der Waals surface area contributed by atoms with Gasteiger partial charge in [0.1, 0.15) is 10.4 Å². The molecule has 0 bridgehead atoms. The molecule has 0 unspecified atom stereocenters. The molecule has 2 nitrogen and oxygen atoms in total. The Morgan fingerprint density at radius 2 is 2.23 bits per heavy atom. The first-order chi connectivity index (χ1) is 6.29. The van der Waals surface area contributed by atoms with Gasteiger partial charge in [-0.05, 0) is 41.3 Å². The maximum Gasteiger partial charge on any atom is 0.132 e. The topological polar surface area (TPSA) is 25.8 Å². The summed E-state index contributed by atoms with van der Waals surface area (Å²) in [6.45, 7) is 2.17. The highest BCUT2D eigenvalue weighted by atomic mass is 79.9. The predicted molar refractivity (Wildman–Crippen MR) is 55.7 cm³/mol. The van der Waals surface area contributed by atoms with E-state index >= 15 is 0 Å². The summed E-state index contributed by atoms with van der Waals surface area (Å²) in [5.41, 5.74) is 1.17. The van der Waals surface area contributed by atoms with Crippen LogP contribution in [0.1, 0.15) is 43.6 Å². The highest BCUT2D eigenvalue weighted by Crippen LogP contribution is 2.38. The lowest BCUT2D eigenvalue weighted by molar-refractivity contribution is 0.822. The van der Waals surface area contributed by atoms with E-state index in [-0.39, 0.29) is 0 Å². The molecule has 13 heavy (non-hydrogen) atoms. The minimum absolute atomic E-state index is 0.646. The second-order valence-corrected chi connectivity index (χ2v) is 4.38. The third-order valence-corrected chi connectivity index (χ3v) is 2.62. The first-order valence-electron chi connectivity index (χ1n) is 4.83. The molecule has 3 heteroatoms. The summed E-state index contributed by atoms with van der Waals surface area (Å²) >= 11 is 3.43. The van der Waals surface area contributed by atoms with E-state index < -0.39 is 0 Å². The van der Waals surface area contributed by atoms with Crippen molar-refractivity contribution in [2.45, 2.75) is 38.5 Å². The second kappa shape index (κ2) is 3.74. The van der Waals surface area contributed by atoms with Crippen LogP contribution in [0.2, 0.25) is 0 Å². The fraction of sp³-hybridized carbons (Fsp3) is 0.600. The van der Waals surface area contributed by atoms with E-state index in [1.165, 1.54) is 18.5 Å². The SMILES string of the molecule is CCCc1cc(Br)nc(C2CC2)n1. The van der Waals surface area contributed by atoms with Crippen LogP contribution in [0.3, 0.4) is 0 Å². The molecule has 1 saturated carbocycles. The Balaban J connectivity index is 2.25. The molecule has 1 aliphatic rings. The van der Waals surface area contributed by atoms with Crippen LogP contribution in [0.15, 0.2) is 10.7 Å². The van der Waals surface area contributed by atoms with Gasteiger partial charge in [0.05, 0.1) is 0 Å². The van der Waals surface area contributed by atoms with Gasteiger partial charge in [0.15, 0.2) is 0 Å². The quantitative estimate of drug-likeness (QED) is 0.760. The number of aromatic nitrogens is 2. The van der Waals surface area contributed by atoms with Crippen molar-refractivity contribution >= 4 is 15.9 Å². The van der Waals surface area contributed by atoms with Crippen LogP contribution in [0.25, 0.3) is 0 Å². The third kappa shape index (κ3) is 2.27. The summed E-state index contributed by atoms with van der Waals surface area (Å²) < 4.78 is 0.938. The number of rotatable bonds is 3. The van der Waals surface area contributed by atoms with E-state index in [0.717, 1.165) is 23.3 Å². The normalized spacial score (nSPS) is 16.2. The third-order valence-electron chi connectivity index (χ3n) is 2.21. The largest absolute Gasteiger partial charge is 0.238 e. The molecule has 0 spiro atoms. The molecule has 0 amide bonds. The predicted octanol–water partition coefficient (Wildman–Crippen LogP) is 3.07. The Morgan fingerprint density at radius 3 is 2.85 bits per heavy atom. The fourth-order valence-electron chi connectivity index (χ4n) is 1.39. The molecular weight excluding hydrogens is 228 g/mol. The Hall–Kier alpha value is -0.440. The molecule has 0 atom stereocenters. The summed E-state index contributed by atoms with van der Waals surface area (Å²) in [5, 5.41) is 0. The molecule has 1 aliphatic carbocycles. The molecular formula is C10H13BrN2. The average Bonchev–Trinajstić information content (AvgIpc) is 2.85. The Bertz CT molecular complexity index is 308. The van der Waals surface area contributed by atoms with Crippen LogP contribution in [0, 0.1) is 0 Å². The lowest BCUT2D eigenvalue weighted by atomic mass is 10.2. The highest BCUT2D eigenvalue weighted by molar-refractivity contribution is 9.10. The molecule has 0 aliphatic heterocycles. The first kappa shape index (κ1) is 9.13. The van der Waals surface area contributed by atoms with Crippen molar-refractivity contribution < 1.29 is 0 Å². The van der Waals surface area contributed by atoms with Gasteiger partial charge in [-0.1, -0.05) is 13.3 Å². The summed E-state index contributed by atoms with van der Waals surface area (Å²) in [6.07, 6.45) is 4.73. The van der Waals surface area contributed by atoms with Crippen LogP contribution in [0.4, 0.5) is 0 Å². The van der Waals surface area contributed by atoms with E-state index in [1.807, 2.05) is 6.07 Å². The Kier molecular flexibility index (Phi) is 2.63. The number of nitrogens with zero attached hydrogens (tertiary/aromatic N) is 2. The highest BCUT2D eigenvalue weighted by Gasteiger charge is 2.26. The van der Waals surface area contributed by atoms with Crippen molar-refractivity contribution in [3.05, 3.63) is 22.2 Å². The van der Waals surface area contributed by atoms with Crippen molar-refractivity contribution in [2.24, 2.45) is 0 Å². The molecule has 0 aromatic carbocycles. The minimum Gasteiger partial charge on any atom is -0.238 e. The molecule has 1 aromatic rings. The summed E-state index contributed by atoms with van der Waals surface area (Å²) in [6, 6.07) is 2.02. The zero-order chi connectivity index (χ0) is 9.26. The van der Waals surface area contributed by atoms with Crippen LogP contribution < -0.4 is 0 Å². The number of aryl methyl sites for hydroxylation is 1. The van der Waals surface area contributed by atoms with E-state index in [1.54, 1.807) is 0 Å². The first-order valence-corrected chi connectivity index (χ1v) is 5.62. The molecule has 0 radical (unpaired) electrons. The zero-order valence-electron chi connectivity index (χ0n) is 7.76. The summed E-state index contributed by atoms with van der Waals surface area (Å²) in [4.78, 5) is 8.93. The monoisotopic (exact) mass is 240 g/mol. The maximum absolute atomic E-state index is 4.54. The number of hydrogen-bond acceptors (Lipinski definition) is 2. The van der Waals surface area contributed by atoms with Crippen molar-refractivity contribution in [1.82, 2.24) is 9.97 Å². The molecule has 0 N–H and O–H groups in total.